The Balaban J connectivity index is 2.08. The first-order valence-corrected chi connectivity index (χ1v) is 5.56. The van der Waals surface area contributed by atoms with Crippen molar-refractivity contribution in [1.29, 1.82) is 0 Å². The Morgan fingerprint density at radius 1 is 1.56 bits per heavy atom. The van der Waals surface area contributed by atoms with Crippen LogP contribution in [0, 0.1) is 0 Å². The maximum Gasteiger partial charge on any atom is 0.251 e. The van der Waals surface area contributed by atoms with E-state index in [4.69, 9.17) is 5.11 Å². The van der Waals surface area contributed by atoms with Crippen molar-refractivity contribution < 1.29 is 15.0 Å². The third-order valence-corrected chi connectivity index (χ3v) is 2.67. The Hall–Kier alpha value is -1.92. The number of hydrogen-bond donors (Lipinski definition) is 4. The number of H-pyrrole nitrogens is 1. The maximum absolute atomic E-state index is 11.8. The lowest BCUT2D eigenvalue weighted by atomic mass is 10.1. The third kappa shape index (κ3) is 2.66. The molecule has 0 radical (unpaired) electrons. The van der Waals surface area contributed by atoms with Gasteiger partial charge < -0.3 is 15.5 Å². The number of carbonyl (C=O) groups excluding carboxylic acids is 1. The third-order valence-electron chi connectivity index (χ3n) is 2.67. The summed E-state index contributed by atoms with van der Waals surface area (Å²) in [6, 6.07) is 5.16. The topological polar surface area (TPSA) is 98.2 Å². The number of amides is 1. The number of aliphatic hydroxyl groups excluding tert-OH is 1. The van der Waals surface area contributed by atoms with E-state index >= 15 is 0 Å². The first-order valence-electron chi connectivity index (χ1n) is 5.56. The van der Waals surface area contributed by atoms with Crippen molar-refractivity contribution in [1.82, 2.24) is 15.5 Å². The van der Waals surface area contributed by atoms with Gasteiger partial charge in [0.25, 0.3) is 5.91 Å². The van der Waals surface area contributed by atoms with Crippen LogP contribution >= 0.6 is 0 Å². The fourth-order valence-electron chi connectivity index (χ4n) is 1.51. The molecule has 0 saturated heterocycles. The van der Waals surface area contributed by atoms with E-state index in [1.165, 1.54) is 6.92 Å². The summed E-state index contributed by atoms with van der Waals surface area (Å²) in [7, 11) is 0. The van der Waals surface area contributed by atoms with Crippen molar-refractivity contribution in [3.8, 4) is 0 Å². The van der Waals surface area contributed by atoms with E-state index in [9.17, 15) is 9.90 Å². The average Bonchev–Trinajstić information content (AvgIpc) is 2.83. The van der Waals surface area contributed by atoms with Crippen molar-refractivity contribution in [2.75, 3.05) is 13.2 Å². The molecule has 1 heterocycles. The zero-order valence-electron chi connectivity index (χ0n) is 9.97. The number of benzene rings is 1. The van der Waals surface area contributed by atoms with Gasteiger partial charge in [-0.3, -0.25) is 9.89 Å². The molecule has 0 aliphatic rings. The number of carbonyl (C=O) groups is 1. The zero-order valence-corrected chi connectivity index (χ0v) is 9.97. The van der Waals surface area contributed by atoms with Crippen LogP contribution in [0.1, 0.15) is 17.3 Å². The number of fused-ring (bicyclic) bond motifs is 1. The van der Waals surface area contributed by atoms with Crippen LogP contribution in [0.3, 0.4) is 0 Å². The molecule has 1 aromatic carbocycles. The summed E-state index contributed by atoms with van der Waals surface area (Å²) in [4.78, 5) is 11.8. The van der Waals surface area contributed by atoms with Gasteiger partial charge in [-0.2, -0.15) is 5.10 Å². The van der Waals surface area contributed by atoms with Crippen molar-refractivity contribution in [3.63, 3.8) is 0 Å². The Kier molecular flexibility index (Phi) is 3.31. The summed E-state index contributed by atoms with van der Waals surface area (Å²) < 4.78 is 0. The molecule has 0 saturated carbocycles. The van der Waals surface area contributed by atoms with Gasteiger partial charge in [0.1, 0.15) is 5.60 Å². The van der Waals surface area contributed by atoms with Gasteiger partial charge in [0.15, 0.2) is 0 Å². The van der Waals surface area contributed by atoms with Gasteiger partial charge in [-0.25, -0.2) is 0 Å². The van der Waals surface area contributed by atoms with Crippen molar-refractivity contribution in [2.45, 2.75) is 12.5 Å². The Morgan fingerprint density at radius 2 is 2.33 bits per heavy atom. The zero-order chi connectivity index (χ0) is 13.2. The van der Waals surface area contributed by atoms with Gasteiger partial charge in [0, 0.05) is 17.5 Å². The van der Waals surface area contributed by atoms with Crippen molar-refractivity contribution in [3.05, 3.63) is 30.0 Å². The van der Waals surface area contributed by atoms with E-state index in [1.807, 2.05) is 0 Å². The molecule has 0 aliphatic heterocycles. The highest BCUT2D eigenvalue weighted by atomic mass is 16.3. The monoisotopic (exact) mass is 249 g/mol. The second kappa shape index (κ2) is 4.75. The molecule has 0 spiro atoms. The van der Waals surface area contributed by atoms with Crippen LogP contribution in [0.5, 0.6) is 0 Å². The lowest BCUT2D eigenvalue weighted by molar-refractivity contribution is 0.00320. The molecule has 1 aromatic heterocycles. The fraction of sp³-hybridized carbons (Fsp3) is 0.333. The minimum atomic E-state index is -1.31. The Labute approximate surface area is 104 Å². The fourth-order valence-corrected chi connectivity index (χ4v) is 1.51. The molecule has 96 valence electrons. The standard InChI is InChI=1S/C12H15N3O3/c1-12(18,7-16)6-13-11(17)8-2-3-9-5-14-15-10(9)4-8/h2-5,16,18H,6-7H2,1H3,(H,13,17)(H,14,15). The van der Waals surface area contributed by atoms with Crippen LogP contribution in [0.4, 0.5) is 0 Å². The number of aromatic nitrogens is 2. The highest BCUT2D eigenvalue weighted by Gasteiger charge is 2.20. The number of rotatable bonds is 4. The van der Waals surface area contributed by atoms with Gasteiger partial charge in [-0.1, -0.05) is 6.07 Å². The highest BCUT2D eigenvalue weighted by Crippen LogP contribution is 2.12. The minimum Gasteiger partial charge on any atom is -0.393 e. The SMILES string of the molecule is CC(O)(CO)CNC(=O)c1ccc2cn[nH]c2c1. The summed E-state index contributed by atoms with van der Waals surface area (Å²) in [5.41, 5.74) is -0.0645. The van der Waals surface area contributed by atoms with Gasteiger partial charge in [0.2, 0.25) is 0 Å². The molecule has 2 rings (SSSR count). The predicted molar refractivity (Wildman–Crippen MR) is 66.1 cm³/mol. The van der Waals surface area contributed by atoms with Crippen LogP contribution in [-0.4, -0.2) is 45.1 Å². The maximum atomic E-state index is 11.8. The molecular weight excluding hydrogens is 234 g/mol. The van der Waals surface area contributed by atoms with Gasteiger partial charge in [0.05, 0.1) is 18.3 Å². The second-order valence-corrected chi connectivity index (χ2v) is 4.51. The summed E-state index contributed by atoms with van der Waals surface area (Å²) in [6.07, 6.45) is 1.67. The van der Waals surface area contributed by atoms with E-state index < -0.39 is 12.2 Å². The van der Waals surface area contributed by atoms with E-state index in [-0.39, 0.29) is 12.5 Å². The second-order valence-electron chi connectivity index (χ2n) is 4.51. The number of aliphatic hydroxyl groups is 2. The molecule has 4 N–H and O–H groups in total. The summed E-state index contributed by atoms with van der Waals surface area (Å²) in [5, 5.41) is 28.6. The normalized spacial score (nSPS) is 14.4. The van der Waals surface area contributed by atoms with Crippen LogP contribution in [0.25, 0.3) is 10.9 Å². The summed E-state index contributed by atoms with van der Waals surface area (Å²) in [5.74, 6) is -0.305. The lowest BCUT2D eigenvalue weighted by Gasteiger charge is -2.20. The molecule has 1 unspecified atom stereocenters. The van der Waals surface area contributed by atoms with Crippen LogP contribution < -0.4 is 5.32 Å². The first kappa shape index (κ1) is 12.5. The summed E-state index contributed by atoms with van der Waals surface area (Å²) in [6.45, 7) is 1.03. The van der Waals surface area contributed by atoms with E-state index in [0.29, 0.717) is 5.56 Å². The van der Waals surface area contributed by atoms with E-state index in [1.54, 1.807) is 24.4 Å². The van der Waals surface area contributed by atoms with Gasteiger partial charge >= 0.3 is 0 Å². The summed E-state index contributed by atoms with van der Waals surface area (Å²) >= 11 is 0. The van der Waals surface area contributed by atoms with Crippen LogP contribution in [0.2, 0.25) is 0 Å². The number of aromatic amines is 1. The molecule has 6 nitrogen and oxygen atoms in total. The molecule has 0 bridgehead atoms. The first-order chi connectivity index (χ1) is 8.52. The minimum absolute atomic E-state index is 0.0106. The molecular formula is C12H15N3O3. The molecule has 6 heteroatoms. The van der Waals surface area contributed by atoms with Crippen LogP contribution in [-0.2, 0) is 0 Å². The van der Waals surface area contributed by atoms with Crippen molar-refractivity contribution in [2.24, 2.45) is 0 Å². The molecule has 1 atom stereocenters. The average molecular weight is 249 g/mol. The molecule has 1 amide bonds. The number of hydrogen-bond acceptors (Lipinski definition) is 4. The number of nitrogens with one attached hydrogen (secondary N) is 2. The quantitative estimate of drug-likeness (QED) is 0.614. The Bertz CT molecular complexity index is 562. The van der Waals surface area contributed by atoms with Crippen molar-refractivity contribution >= 4 is 16.8 Å². The van der Waals surface area contributed by atoms with E-state index in [0.717, 1.165) is 10.9 Å². The van der Waals surface area contributed by atoms with Crippen LogP contribution in [0.15, 0.2) is 24.4 Å². The van der Waals surface area contributed by atoms with Gasteiger partial charge in [-0.05, 0) is 19.1 Å². The smallest absolute Gasteiger partial charge is 0.251 e. The molecule has 2 aromatic rings. The Morgan fingerprint density at radius 3 is 3.06 bits per heavy atom. The lowest BCUT2D eigenvalue weighted by Crippen LogP contribution is -2.43. The highest BCUT2D eigenvalue weighted by molar-refractivity contribution is 5.97. The molecule has 0 aliphatic carbocycles. The predicted octanol–water partition coefficient (Wildman–Crippen LogP) is 0.0360. The van der Waals surface area contributed by atoms with E-state index in [2.05, 4.69) is 15.5 Å². The van der Waals surface area contributed by atoms with Gasteiger partial charge in [-0.15, -0.1) is 0 Å². The largest absolute Gasteiger partial charge is 0.393 e. The number of nitrogens with zero attached hydrogens (tertiary/aromatic N) is 1. The molecule has 18 heavy (non-hydrogen) atoms. The molecule has 0 fully saturated rings.